The Balaban J connectivity index is -0.000000337. The van der Waals surface area contributed by atoms with Gasteiger partial charge in [-0.15, -0.1) is 0 Å². The third kappa shape index (κ3) is 54.3. The highest BCUT2D eigenvalue weighted by atomic mass is 127. The number of rotatable bonds is 30. The maximum absolute atomic E-state index is 10.2. The number of isocyanates is 1. The molecular formula is C64H137BI2N14O2P. The summed E-state index contributed by atoms with van der Waals surface area (Å²) < 4.78 is 11.2. The fourth-order valence-electron chi connectivity index (χ4n) is 10.9. The van der Waals surface area contributed by atoms with E-state index in [2.05, 4.69) is 128 Å². The number of ether oxygens (including phenoxy) is 1. The molecule has 2 aliphatic rings. The van der Waals surface area contributed by atoms with E-state index in [1.165, 1.54) is 88.0 Å². The molecule has 0 bridgehead atoms. The minimum atomic E-state index is -0.475. The average molecular weight is 1430 g/mol. The second kappa shape index (κ2) is 57.5. The zero-order chi connectivity index (χ0) is 66.4. The van der Waals surface area contributed by atoms with Gasteiger partial charge in [-0.25, -0.2) is 9.79 Å². The smallest absolute Gasteiger partial charge is 0.286 e. The maximum atomic E-state index is 10.2. The molecule has 0 spiro atoms. The van der Waals surface area contributed by atoms with Crippen molar-refractivity contribution in [1.82, 2.24) is 0 Å². The summed E-state index contributed by atoms with van der Waals surface area (Å²) in [5.74, 6) is 2.25. The van der Waals surface area contributed by atoms with Crippen molar-refractivity contribution in [3.05, 3.63) is 34.9 Å². The topological polar surface area (TPSA) is 375 Å². The molecular weight excluding hydrogens is 1290 g/mol. The van der Waals surface area contributed by atoms with Crippen molar-refractivity contribution in [2.45, 2.75) is 259 Å². The van der Waals surface area contributed by atoms with Gasteiger partial charge in [0, 0.05) is 14.5 Å². The number of nitrogens with two attached hydrogens (primary N) is 12. The minimum Gasteiger partial charge on any atom is -0.424 e. The zero-order valence-electron chi connectivity index (χ0n) is 57.1. The van der Waals surface area contributed by atoms with Gasteiger partial charge < -0.3 is 73.2 Å². The van der Waals surface area contributed by atoms with E-state index in [0.29, 0.717) is 23.9 Å². The van der Waals surface area contributed by atoms with Crippen LogP contribution in [0.15, 0.2) is 23.2 Å². The molecule has 1 aromatic carbocycles. The number of carbonyl (C=O) groups excluding carboxylic acids is 1. The summed E-state index contributed by atoms with van der Waals surface area (Å²) in [5.41, 5.74) is 67.9. The van der Waals surface area contributed by atoms with Crippen LogP contribution >= 0.6 is 50.2 Å². The molecule has 1 radical (unpaired) electrons. The Hall–Kier alpha value is -0.635. The van der Waals surface area contributed by atoms with E-state index < -0.39 is 5.59 Å². The number of hydrogen-bond donors (Lipinski definition) is 12. The number of hydrogen-bond acceptors (Lipinski definition) is 16. The summed E-state index contributed by atoms with van der Waals surface area (Å²) >= 11 is 4.02. The number of nitriles is 1. The summed E-state index contributed by atoms with van der Waals surface area (Å²) in [6, 6.07) is 7.72. The van der Waals surface area contributed by atoms with Crippen LogP contribution in [-0.4, -0.2) is 95.7 Å². The number of nitrogens with zero attached hydrogens (tertiary/aromatic N) is 2. The molecule has 2 fully saturated rings. The molecule has 20 heteroatoms. The summed E-state index contributed by atoms with van der Waals surface area (Å²) in [6.45, 7) is 36.1. The third-order valence-electron chi connectivity index (χ3n) is 15.5. The van der Waals surface area contributed by atoms with E-state index in [1.807, 2.05) is 28.8 Å². The molecule has 0 heterocycles. The number of alkyl halides is 1. The standard InChI is InChI=1S/C30H56N2.C15H22N2O2.2C6H16N2.C4H12N2.C2H8N2.CH3I.BH4IN2P/c1-26(2,3)23-18-24(29(8,9)21-27(4,5)14-12-16-31)20-25(19-23)30(10,11)22-28(6,7)15-13-17-32;16-10-19-15-7-3-13(4-8-15)9-12-1-5-14(6-2-12)17-11-18;1-6(5-8)3-2-4-7;7-5-3-1-2-4-6-8;5-3-1-2-4-6;3-1-2-4;1-2;2-5(4)1-3/h18-20H,12-17,21-22,31-32H2,1-11H3;12-15H,1-9H2;6H,2-5,7-8H2,1H3;1-8H2;1-6H2;1-4H2;1H3;3-4H2/i;;;;;;1D;. The lowest BCUT2D eigenvalue weighted by molar-refractivity contribution is 0.0915. The first-order chi connectivity index (χ1) is 39.9. The Labute approximate surface area is 548 Å². The summed E-state index contributed by atoms with van der Waals surface area (Å²) in [7, 11) is 1.50. The number of aliphatic imine (C=N–C) groups is 1. The Kier molecular flexibility index (Phi) is 61.5. The van der Waals surface area contributed by atoms with E-state index in [1.54, 1.807) is 6.08 Å². The quantitative estimate of drug-likeness (QED) is 0.00498. The van der Waals surface area contributed by atoms with Gasteiger partial charge in [0.05, 0.1) is 6.04 Å². The average Bonchev–Trinajstić information content (AvgIpc) is 3.08. The van der Waals surface area contributed by atoms with E-state index in [9.17, 15) is 4.79 Å². The molecule has 3 rings (SSSR count). The molecule has 84 heavy (non-hydrogen) atoms. The van der Waals surface area contributed by atoms with Crippen molar-refractivity contribution in [1.29, 1.82) is 5.26 Å². The van der Waals surface area contributed by atoms with Crippen molar-refractivity contribution in [2.24, 2.45) is 102 Å². The molecule has 1 aromatic rings. The highest BCUT2D eigenvalue weighted by Crippen LogP contribution is 2.45. The van der Waals surface area contributed by atoms with Gasteiger partial charge in [0.25, 0.3) is 13.4 Å². The fourth-order valence-corrected chi connectivity index (χ4v) is 10.9. The van der Waals surface area contributed by atoms with E-state index in [0.717, 1.165) is 148 Å². The van der Waals surface area contributed by atoms with Crippen LogP contribution in [0.3, 0.4) is 0 Å². The van der Waals surface area contributed by atoms with Crippen LogP contribution in [0, 0.1) is 40.1 Å². The molecule has 2 aliphatic carbocycles. The van der Waals surface area contributed by atoms with Crippen molar-refractivity contribution in [2.75, 3.05) is 70.4 Å². The Morgan fingerprint density at radius 3 is 1.26 bits per heavy atom. The SMILES string of the molecule is CC(C)(CCCN)CC(C)(C)c1cc(C(C)(C)C)cc(C(C)(C)CC(C)(C)CCCN)c1.CC(CN)CCCN.N#COC1CCC(CC2CCC(N=C=O)CC2)CC1.NCCCCCCN.NCCCCN.NCCN.N[B]P(N)I.[2H]CI. The van der Waals surface area contributed by atoms with Gasteiger partial charge in [0.15, 0.2) is 0 Å². The molecule has 0 aliphatic heterocycles. The maximum Gasteiger partial charge on any atom is 0.286 e. The zero-order valence-corrected chi connectivity index (χ0v) is 61.3. The van der Waals surface area contributed by atoms with Gasteiger partial charge in [-0.3, -0.25) is 0 Å². The van der Waals surface area contributed by atoms with E-state index >= 15 is 0 Å². The van der Waals surface area contributed by atoms with Crippen LogP contribution < -0.4 is 68.5 Å². The largest absolute Gasteiger partial charge is 0.424 e. The molecule has 16 nitrogen and oxygen atoms in total. The molecule has 0 amide bonds. The Morgan fingerprint density at radius 1 is 0.619 bits per heavy atom. The van der Waals surface area contributed by atoms with Crippen LogP contribution in [0.25, 0.3) is 0 Å². The second-order valence-electron chi connectivity index (χ2n) is 26.9. The molecule has 2 atom stereocenters. The number of unbranched alkanes of at least 4 members (excludes halogenated alkanes) is 4. The van der Waals surface area contributed by atoms with E-state index in [4.69, 9.17) is 79.9 Å². The van der Waals surface area contributed by atoms with Gasteiger partial charge in [-0.05, 0) is 281 Å². The molecule has 497 valence electrons. The molecule has 2 saturated carbocycles. The van der Waals surface area contributed by atoms with Gasteiger partial charge in [0.2, 0.25) is 6.08 Å². The Bertz CT molecular complexity index is 1660. The van der Waals surface area contributed by atoms with Crippen molar-refractivity contribution in [3.63, 3.8) is 0 Å². The lowest BCUT2D eigenvalue weighted by Gasteiger charge is -2.39. The van der Waals surface area contributed by atoms with Gasteiger partial charge >= 0.3 is 0 Å². The van der Waals surface area contributed by atoms with Crippen molar-refractivity contribution >= 4 is 63.4 Å². The second-order valence-corrected chi connectivity index (χ2v) is 31.2. The predicted octanol–water partition coefficient (Wildman–Crippen LogP) is 11.8. The van der Waals surface area contributed by atoms with Gasteiger partial charge in [-0.1, -0.05) is 137 Å². The predicted molar refractivity (Wildman–Crippen MR) is 389 cm³/mol. The first-order valence-electron chi connectivity index (χ1n) is 32.5. The monoisotopic (exact) mass is 1430 g/mol. The summed E-state index contributed by atoms with van der Waals surface area (Å²) in [4.78, 5) is 14.5. The van der Waals surface area contributed by atoms with Crippen molar-refractivity contribution < 1.29 is 10.9 Å². The lowest BCUT2D eigenvalue weighted by Crippen LogP contribution is -2.31. The summed E-state index contributed by atoms with van der Waals surface area (Å²) in [6.07, 6.45) is 30.0. The summed E-state index contributed by atoms with van der Waals surface area (Å²) in [5, 5.41) is 8.51. The third-order valence-corrected chi connectivity index (χ3v) is 16.7. The van der Waals surface area contributed by atoms with Crippen molar-refractivity contribution in [3.8, 4) is 6.26 Å². The molecule has 0 aromatic heterocycles. The Morgan fingerprint density at radius 2 is 0.964 bits per heavy atom. The molecule has 24 N–H and O–H groups in total. The molecule has 0 saturated heterocycles. The first kappa shape index (κ1) is 89.8. The number of benzene rings is 1. The van der Waals surface area contributed by atoms with Crippen LogP contribution in [-0.2, 0) is 25.8 Å². The van der Waals surface area contributed by atoms with Crippen LogP contribution in [0.2, 0.25) is 0 Å². The van der Waals surface area contributed by atoms with Crippen LogP contribution in [0.1, 0.15) is 249 Å². The highest BCUT2D eigenvalue weighted by Gasteiger charge is 2.35. The van der Waals surface area contributed by atoms with Gasteiger partial charge in [-0.2, -0.15) is 5.26 Å². The fraction of sp³-hybridized carbons (Fsp3) is 0.875. The first-order valence-corrected chi connectivity index (χ1v) is 37.6. The van der Waals surface area contributed by atoms with E-state index in [-0.39, 0.29) is 39.2 Å². The van der Waals surface area contributed by atoms with Crippen LogP contribution in [0.5, 0.6) is 0 Å². The molecule has 2 unspecified atom stereocenters. The minimum absolute atomic E-state index is 0.110. The number of halogens is 2. The van der Waals surface area contributed by atoms with Crippen LogP contribution in [0.4, 0.5) is 0 Å². The van der Waals surface area contributed by atoms with Gasteiger partial charge in [0.1, 0.15) is 6.10 Å². The highest BCUT2D eigenvalue weighted by molar-refractivity contribution is 14.2. The normalized spacial score (nSPS) is 17.6. The lowest BCUT2D eigenvalue weighted by atomic mass is 9.65.